The Morgan fingerprint density at radius 1 is 1.10 bits per heavy atom. The zero-order chi connectivity index (χ0) is 22.9. The van der Waals surface area contributed by atoms with Crippen molar-refractivity contribution in [2.75, 3.05) is 17.3 Å². The largest absolute Gasteiger partial charge is 0.353 e. The van der Waals surface area contributed by atoms with Gasteiger partial charge in [0.25, 0.3) is 0 Å². The maximum atomic E-state index is 14.2. The number of anilines is 2. The molecule has 0 bridgehead atoms. The van der Waals surface area contributed by atoms with Crippen molar-refractivity contribution in [2.24, 2.45) is 0 Å². The Bertz CT molecular complexity index is 1070. The van der Waals surface area contributed by atoms with E-state index in [1.165, 1.54) is 6.07 Å². The minimum atomic E-state index is -0.499. The fraction of sp³-hybridized carbons (Fsp3) is 0.409. The zero-order valence-corrected chi connectivity index (χ0v) is 18.6. The molecule has 0 aliphatic rings. The molecule has 31 heavy (non-hydrogen) atoms. The predicted octanol–water partition coefficient (Wildman–Crippen LogP) is 4.86. The predicted molar refractivity (Wildman–Crippen MR) is 117 cm³/mol. The molecule has 0 aliphatic carbocycles. The maximum Gasteiger partial charge on any atom is 0.322 e. The van der Waals surface area contributed by atoms with Gasteiger partial charge in [0.1, 0.15) is 23.1 Å². The van der Waals surface area contributed by atoms with E-state index in [0.29, 0.717) is 17.2 Å². The summed E-state index contributed by atoms with van der Waals surface area (Å²) in [5.41, 5.74) is 1.16. The van der Waals surface area contributed by atoms with Gasteiger partial charge in [-0.1, -0.05) is 0 Å². The second-order valence-electron chi connectivity index (χ2n) is 8.09. The summed E-state index contributed by atoms with van der Waals surface area (Å²) in [6.07, 6.45) is 3.25. The highest BCUT2D eigenvalue weighted by molar-refractivity contribution is 5.93. The second-order valence-corrected chi connectivity index (χ2v) is 8.09. The van der Waals surface area contributed by atoms with Gasteiger partial charge in [0.05, 0.1) is 12.2 Å². The molecule has 9 heteroatoms. The number of carbonyl (C=O) groups excluding carboxylic acids is 1. The van der Waals surface area contributed by atoms with Crippen molar-refractivity contribution in [3.8, 4) is 0 Å². The van der Waals surface area contributed by atoms with E-state index in [0.717, 1.165) is 12.1 Å². The van der Waals surface area contributed by atoms with Crippen molar-refractivity contribution < 1.29 is 13.6 Å². The third kappa shape index (κ3) is 4.60. The highest BCUT2D eigenvalue weighted by Crippen LogP contribution is 2.28. The highest BCUT2D eigenvalue weighted by Gasteiger charge is 2.23. The van der Waals surface area contributed by atoms with Crippen molar-refractivity contribution >= 4 is 23.2 Å². The van der Waals surface area contributed by atoms with Gasteiger partial charge < -0.3 is 15.1 Å². The quantitative estimate of drug-likeness (QED) is 0.607. The number of carbonyl (C=O) groups is 1. The van der Waals surface area contributed by atoms with Crippen LogP contribution in [0.3, 0.4) is 0 Å². The normalized spacial score (nSPS) is 12.5. The fourth-order valence-corrected chi connectivity index (χ4v) is 3.63. The maximum absolute atomic E-state index is 14.2. The number of aromatic nitrogens is 3. The summed E-state index contributed by atoms with van der Waals surface area (Å²) in [6, 6.07) is 4.47. The van der Waals surface area contributed by atoms with Crippen LogP contribution in [-0.4, -0.2) is 44.7 Å². The van der Waals surface area contributed by atoms with Crippen molar-refractivity contribution in [1.29, 1.82) is 0 Å². The first-order valence-electron chi connectivity index (χ1n) is 10.2. The van der Waals surface area contributed by atoms with E-state index < -0.39 is 17.7 Å². The van der Waals surface area contributed by atoms with Crippen molar-refractivity contribution in [3.05, 3.63) is 53.9 Å². The number of amides is 2. The summed E-state index contributed by atoms with van der Waals surface area (Å²) >= 11 is 0. The van der Waals surface area contributed by atoms with Crippen LogP contribution in [0, 0.1) is 11.6 Å². The monoisotopic (exact) mass is 430 g/mol. The standard InChI is InChI=1S/C22H28F2N6O/c1-13(2)30(14(3)4)22(31)26-19-12-25-29-10-9-20(27-21(19)29)28(6)15(5)17-11-16(23)7-8-18(17)24/h7-15H,1-6H3,(H,26,31)/t15-/m1/s1. The van der Waals surface area contributed by atoms with Gasteiger partial charge in [-0.15, -0.1) is 0 Å². The Labute approximate surface area is 180 Å². The molecular weight excluding hydrogens is 402 g/mol. The van der Waals surface area contributed by atoms with E-state index in [4.69, 9.17) is 0 Å². The van der Waals surface area contributed by atoms with E-state index in [-0.39, 0.29) is 23.7 Å². The molecule has 2 amide bonds. The van der Waals surface area contributed by atoms with Gasteiger partial charge in [0, 0.05) is 30.9 Å². The molecule has 3 rings (SSSR count). The summed E-state index contributed by atoms with van der Waals surface area (Å²) in [6.45, 7) is 9.58. The minimum Gasteiger partial charge on any atom is -0.353 e. The molecule has 166 valence electrons. The van der Waals surface area contributed by atoms with Crippen LogP contribution in [-0.2, 0) is 0 Å². The summed E-state index contributed by atoms with van der Waals surface area (Å²) in [5, 5.41) is 7.13. The van der Waals surface area contributed by atoms with E-state index in [1.54, 1.807) is 46.7 Å². The Morgan fingerprint density at radius 3 is 2.42 bits per heavy atom. The zero-order valence-electron chi connectivity index (χ0n) is 18.6. The molecule has 0 saturated carbocycles. The van der Waals surface area contributed by atoms with Gasteiger partial charge >= 0.3 is 6.03 Å². The summed E-state index contributed by atoms with van der Waals surface area (Å²) < 4.78 is 29.4. The Kier molecular flexibility index (Phi) is 6.42. The number of fused-ring (bicyclic) bond motifs is 1. The lowest BCUT2D eigenvalue weighted by atomic mass is 10.1. The van der Waals surface area contributed by atoms with Gasteiger partial charge in [-0.05, 0) is 58.9 Å². The van der Waals surface area contributed by atoms with Crippen molar-refractivity contribution in [3.63, 3.8) is 0 Å². The molecule has 0 spiro atoms. The summed E-state index contributed by atoms with van der Waals surface area (Å²) in [7, 11) is 1.75. The lowest BCUT2D eigenvalue weighted by Crippen LogP contribution is -2.44. The van der Waals surface area contributed by atoms with Crippen LogP contribution in [0.25, 0.3) is 5.65 Å². The topological polar surface area (TPSA) is 65.8 Å². The van der Waals surface area contributed by atoms with Crippen LogP contribution in [0.1, 0.15) is 46.2 Å². The SMILES string of the molecule is CC(C)N(C(=O)Nc1cnn2ccc(N(C)[C@H](C)c3cc(F)ccc3F)nc12)C(C)C. The Morgan fingerprint density at radius 2 is 1.77 bits per heavy atom. The Hall–Kier alpha value is -3.23. The number of halogens is 2. The van der Waals surface area contributed by atoms with Crippen LogP contribution < -0.4 is 10.2 Å². The molecule has 1 atom stereocenters. The number of nitrogens with zero attached hydrogens (tertiary/aromatic N) is 5. The second kappa shape index (κ2) is 8.87. The van der Waals surface area contributed by atoms with Crippen LogP contribution in [0.15, 0.2) is 36.7 Å². The first kappa shape index (κ1) is 22.5. The Balaban J connectivity index is 1.90. The first-order valence-corrected chi connectivity index (χ1v) is 10.2. The van der Waals surface area contributed by atoms with Crippen LogP contribution in [0.4, 0.5) is 25.1 Å². The smallest absolute Gasteiger partial charge is 0.322 e. The third-order valence-electron chi connectivity index (χ3n) is 5.29. The minimum absolute atomic E-state index is 0.0264. The molecule has 0 unspecified atom stereocenters. The molecule has 1 N–H and O–H groups in total. The van der Waals surface area contributed by atoms with E-state index in [1.807, 2.05) is 27.7 Å². The number of rotatable bonds is 6. The molecule has 2 aromatic heterocycles. The number of urea groups is 1. The van der Waals surface area contributed by atoms with Crippen LogP contribution in [0.5, 0.6) is 0 Å². The number of hydrogen-bond acceptors (Lipinski definition) is 4. The van der Waals surface area contributed by atoms with Gasteiger partial charge in [-0.2, -0.15) is 5.10 Å². The molecule has 7 nitrogen and oxygen atoms in total. The van der Waals surface area contributed by atoms with Crippen LogP contribution in [0.2, 0.25) is 0 Å². The molecule has 0 saturated heterocycles. The van der Waals surface area contributed by atoms with E-state index in [9.17, 15) is 13.6 Å². The number of hydrogen-bond donors (Lipinski definition) is 1. The van der Waals surface area contributed by atoms with Crippen LogP contribution >= 0.6 is 0 Å². The van der Waals surface area contributed by atoms with E-state index in [2.05, 4.69) is 15.4 Å². The molecule has 1 aromatic carbocycles. The number of benzene rings is 1. The lowest BCUT2D eigenvalue weighted by Gasteiger charge is -2.30. The number of nitrogens with one attached hydrogen (secondary N) is 1. The average Bonchev–Trinajstić information content (AvgIpc) is 3.10. The lowest BCUT2D eigenvalue weighted by molar-refractivity contribution is 0.178. The highest BCUT2D eigenvalue weighted by atomic mass is 19.1. The molecule has 0 fully saturated rings. The van der Waals surface area contributed by atoms with Gasteiger partial charge in [-0.3, -0.25) is 0 Å². The molecule has 2 heterocycles. The fourth-order valence-electron chi connectivity index (χ4n) is 3.63. The van der Waals surface area contributed by atoms with Gasteiger partial charge in [-0.25, -0.2) is 23.1 Å². The van der Waals surface area contributed by atoms with Crippen molar-refractivity contribution in [1.82, 2.24) is 19.5 Å². The molecular formula is C22H28F2N6O. The van der Waals surface area contributed by atoms with Crippen molar-refractivity contribution in [2.45, 2.75) is 52.7 Å². The molecule has 0 radical (unpaired) electrons. The molecule has 3 aromatic rings. The third-order valence-corrected chi connectivity index (χ3v) is 5.29. The first-order chi connectivity index (χ1) is 14.6. The average molecular weight is 431 g/mol. The summed E-state index contributed by atoms with van der Waals surface area (Å²) in [4.78, 5) is 20.9. The van der Waals surface area contributed by atoms with E-state index >= 15 is 0 Å². The van der Waals surface area contributed by atoms with Gasteiger partial charge in [0.15, 0.2) is 5.65 Å². The molecule has 0 aliphatic heterocycles. The van der Waals surface area contributed by atoms with Gasteiger partial charge in [0.2, 0.25) is 0 Å². The summed E-state index contributed by atoms with van der Waals surface area (Å²) in [5.74, 6) is -0.452.